The van der Waals surface area contributed by atoms with E-state index in [1.165, 1.54) is 11.9 Å². The Morgan fingerprint density at radius 2 is 1.83 bits per heavy atom. The number of alkyl carbamates (subject to hydrolysis) is 1. The van der Waals surface area contributed by atoms with Crippen LogP contribution in [-0.4, -0.2) is 53.4 Å². The topological polar surface area (TPSA) is 131 Å². The van der Waals surface area contributed by atoms with E-state index in [4.69, 9.17) is 10.5 Å². The van der Waals surface area contributed by atoms with Crippen molar-refractivity contribution in [3.8, 4) is 0 Å². The van der Waals surface area contributed by atoms with Crippen LogP contribution in [0, 0.1) is 0 Å². The highest BCUT2D eigenvalue weighted by molar-refractivity contribution is 5.92. The van der Waals surface area contributed by atoms with Crippen molar-refractivity contribution in [3.05, 3.63) is 42.0 Å². The Balaban J connectivity index is 3.32. The van der Waals surface area contributed by atoms with Gasteiger partial charge in [0.1, 0.15) is 17.7 Å². The third kappa shape index (κ3) is 10.2. The lowest BCUT2D eigenvalue weighted by Crippen LogP contribution is -2.52. The van der Waals surface area contributed by atoms with Crippen molar-refractivity contribution in [1.29, 1.82) is 0 Å². The summed E-state index contributed by atoms with van der Waals surface area (Å²) in [5, 5.41) is 5.50. The molecule has 0 aliphatic rings. The van der Waals surface area contributed by atoms with Gasteiger partial charge in [-0.1, -0.05) is 44.2 Å². The van der Waals surface area contributed by atoms with Crippen LogP contribution in [0.1, 0.15) is 77.5 Å². The van der Waals surface area contributed by atoms with Crippen LogP contribution in [-0.2, 0) is 19.1 Å². The van der Waals surface area contributed by atoms with Crippen LogP contribution < -0.4 is 16.4 Å². The highest BCUT2D eigenvalue weighted by Gasteiger charge is 2.34. The van der Waals surface area contributed by atoms with Crippen LogP contribution >= 0.6 is 0 Å². The number of likely N-dealkylation sites (N-methyl/N-ethyl adjacent to an activating group) is 1. The summed E-state index contributed by atoms with van der Waals surface area (Å²) >= 11 is 0. The SMILES string of the molecule is C=Cc1cccc(C(C(=O)NC(C)CCC)N(C)C(=O)C(CCC(N)=O)NC(=O)OC(C)(C)C)c1. The number of nitrogens with two attached hydrogens (primary N) is 1. The smallest absolute Gasteiger partial charge is 0.408 e. The second-order valence-corrected chi connectivity index (χ2v) is 9.63. The molecular weight excluding hydrogens is 448 g/mol. The van der Waals surface area contributed by atoms with Gasteiger partial charge in [-0.2, -0.15) is 0 Å². The average molecular weight is 489 g/mol. The van der Waals surface area contributed by atoms with Gasteiger partial charge in [0.2, 0.25) is 17.7 Å². The third-order valence-corrected chi connectivity index (χ3v) is 5.22. The summed E-state index contributed by atoms with van der Waals surface area (Å²) < 4.78 is 5.28. The largest absolute Gasteiger partial charge is 0.444 e. The third-order valence-electron chi connectivity index (χ3n) is 5.22. The monoisotopic (exact) mass is 488 g/mol. The summed E-state index contributed by atoms with van der Waals surface area (Å²) in [6.07, 6.45) is 2.35. The van der Waals surface area contributed by atoms with Gasteiger partial charge < -0.3 is 26.0 Å². The second kappa shape index (κ2) is 13.5. The summed E-state index contributed by atoms with van der Waals surface area (Å²) in [6.45, 7) is 12.8. The quantitative estimate of drug-likeness (QED) is 0.415. The Hall–Kier alpha value is -3.36. The fraction of sp³-hybridized carbons (Fsp3) is 0.538. The normalized spacial score (nSPS) is 13.7. The number of hydrogen-bond donors (Lipinski definition) is 3. The van der Waals surface area contributed by atoms with Crippen LogP contribution in [0.5, 0.6) is 0 Å². The van der Waals surface area contributed by atoms with Crippen LogP contribution in [0.2, 0.25) is 0 Å². The maximum atomic E-state index is 13.5. The van der Waals surface area contributed by atoms with E-state index < -0.39 is 35.6 Å². The molecule has 1 aromatic carbocycles. The fourth-order valence-electron chi connectivity index (χ4n) is 3.60. The molecule has 1 aromatic rings. The number of primary amides is 1. The maximum absolute atomic E-state index is 13.5. The fourth-order valence-corrected chi connectivity index (χ4v) is 3.60. The molecule has 0 fully saturated rings. The molecule has 0 heterocycles. The van der Waals surface area contributed by atoms with E-state index in [0.29, 0.717) is 5.56 Å². The van der Waals surface area contributed by atoms with Crippen molar-refractivity contribution < 1.29 is 23.9 Å². The summed E-state index contributed by atoms with van der Waals surface area (Å²) in [4.78, 5) is 52.0. The minimum Gasteiger partial charge on any atom is -0.444 e. The van der Waals surface area contributed by atoms with Crippen LogP contribution in [0.4, 0.5) is 4.79 Å². The maximum Gasteiger partial charge on any atom is 0.408 e. The Morgan fingerprint density at radius 1 is 1.17 bits per heavy atom. The first-order valence-electron chi connectivity index (χ1n) is 11.9. The molecule has 0 saturated carbocycles. The number of benzene rings is 1. The minimum atomic E-state index is -1.12. The van der Waals surface area contributed by atoms with Crippen molar-refractivity contribution in [2.45, 2.75) is 84.0 Å². The first-order chi connectivity index (χ1) is 16.3. The molecule has 0 aliphatic carbocycles. The van der Waals surface area contributed by atoms with Gasteiger partial charge in [-0.05, 0) is 57.7 Å². The van der Waals surface area contributed by atoms with E-state index in [2.05, 4.69) is 17.2 Å². The summed E-state index contributed by atoms with van der Waals surface area (Å²) in [5.74, 6) is -1.52. The lowest BCUT2D eigenvalue weighted by atomic mass is 10.00. The van der Waals surface area contributed by atoms with Gasteiger partial charge in [-0.15, -0.1) is 0 Å². The lowest BCUT2D eigenvalue weighted by Gasteiger charge is -2.32. The standard InChI is InChI=1S/C26H40N4O5/c1-8-11-17(3)28-23(32)22(19-13-10-12-18(9-2)16-19)30(7)24(33)20(14-15-21(27)31)29-25(34)35-26(4,5)6/h9-10,12-13,16-17,20,22H,2,8,11,14-15H2,1,3-7H3,(H2,27,31)(H,28,32)(H,29,34). The number of hydrogen-bond acceptors (Lipinski definition) is 5. The highest BCUT2D eigenvalue weighted by atomic mass is 16.6. The van der Waals surface area contributed by atoms with Gasteiger partial charge >= 0.3 is 6.09 Å². The molecule has 4 N–H and O–H groups in total. The molecule has 35 heavy (non-hydrogen) atoms. The molecule has 4 amide bonds. The molecule has 0 radical (unpaired) electrons. The number of ether oxygens (including phenoxy) is 1. The number of nitrogens with zero attached hydrogens (tertiary/aromatic N) is 1. The molecule has 3 atom stereocenters. The zero-order valence-electron chi connectivity index (χ0n) is 21.7. The molecule has 0 saturated heterocycles. The van der Waals surface area contributed by atoms with Crippen LogP contribution in [0.25, 0.3) is 6.08 Å². The predicted octanol–water partition coefficient (Wildman–Crippen LogP) is 3.29. The summed E-state index contributed by atoms with van der Waals surface area (Å²) in [6, 6.07) is 4.98. The van der Waals surface area contributed by atoms with E-state index in [1.807, 2.05) is 19.9 Å². The molecule has 0 aromatic heterocycles. The van der Waals surface area contributed by atoms with Gasteiger partial charge in [0, 0.05) is 19.5 Å². The predicted molar refractivity (Wildman–Crippen MR) is 136 cm³/mol. The van der Waals surface area contributed by atoms with E-state index in [9.17, 15) is 19.2 Å². The van der Waals surface area contributed by atoms with Crippen molar-refractivity contribution >= 4 is 29.9 Å². The Morgan fingerprint density at radius 3 is 2.37 bits per heavy atom. The van der Waals surface area contributed by atoms with Crippen molar-refractivity contribution in [2.24, 2.45) is 5.73 Å². The van der Waals surface area contributed by atoms with Crippen molar-refractivity contribution in [3.63, 3.8) is 0 Å². The Kier molecular flexibility index (Phi) is 11.5. The lowest BCUT2D eigenvalue weighted by molar-refractivity contribution is -0.141. The van der Waals surface area contributed by atoms with Crippen LogP contribution in [0.3, 0.4) is 0 Å². The summed E-state index contributed by atoms with van der Waals surface area (Å²) in [5.41, 5.74) is 5.88. The second-order valence-electron chi connectivity index (χ2n) is 9.63. The number of amides is 4. The van der Waals surface area contributed by atoms with Gasteiger partial charge in [0.25, 0.3) is 0 Å². The first kappa shape index (κ1) is 29.7. The summed E-state index contributed by atoms with van der Waals surface area (Å²) in [7, 11) is 1.49. The van der Waals surface area contributed by atoms with Gasteiger partial charge in [-0.25, -0.2) is 4.79 Å². The molecule has 0 spiro atoms. The van der Waals surface area contributed by atoms with E-state index in [-0.39, 0.29) is 24.8 Å². The zero-order valence-corrected chi connectivity index (χ0v) is 21.7. The van der Waals surface area contributed by atoms with Gasteiger partial charge in [0.05, 0.1) is 0 Å². The molecule has 0 bridgehead atoms. The Bertz CT molecular complexity index is 909. The van der Waals surface area contributed by atoms with Crippen molar-refractivity contribution in [1.82, 2.24) is 15.5 Å². The number of nitrogens with one attached hydrogen (secondary N) is 2. The minimum absolute atomic E-state index is 0.0367. The Labute approximate surface area is 208 Å². The molecular formula is C26H40N4O5. The molecule has 9 heteroatoms. The molecule has 0 aliphatic heterocycles. The highest BCUT2D eigenvalue weighted by Crippen LogP contribution is 2.23. The van der Waals surface area contributed by atoms with E-state index >= 15 is 0 Å². The number of rotatable bonds is 12. The first-order valence-corrected chi connectivity index (χ1v) is 11.9. The molecule has 3 unspecified atom stereocenters. The average Bonchev–Trinajstić information content (AvgIpc) is 2.75. The molecule has 9 nitrogen and oxygen atoms in total. The van der Waals surface area contributed by atoms with E-state index in [0.717, 1.165) is 18.4 Å². The molecule has 1 rings (SSSR count). The number of carbonyl (C=O) groups excluding carboxylic acids is 4. The van der Waals surface area contributed by atoms with Crippen LogP contribution in [0.15, 0.2) is 30.8 Å². The van der Waals surface area contributed by atoms with E-state index in [1.54, 1.807) is 45.0 Å². The number of carbonyl (C=O) groups is 4. The van der Waals surface area contributed by atoms with Gasteiger partial charge in [0.15, 0.2) is 0 Å². The molecule has 194 valence electrons. The zero-order chi connectivity index (χ0) is 26.8. The van der Waals surface area contributed by atoms with Crippen molar-refractivity contribution in [2.75, 3.05) is 7.05 Å². The van der Waals surface area contributed by atoms with Gasteiger partial charge in [-0.3, -0.25) is 14.4 Å².